The molecule has 3 nitrogen and oxygen atoms in total. The molecule has 3 heterocycles. The Morgan fingerprint density at radius 2 is 2.05 bits per heavy atom. The molecule has 2 aliphatic rings. The maximum absolute atomic E-state index is 12.9. The van der Waals surface area contributed by atoms with Gasteiger partial charge in [0.2, 0.25) is 5.91 Å². The number of carbonyl (C=O) groups is 1. The molecule has 0 aliphatic carbocycles. The van der Waals surface area contributed by atoms with E-state index >= 15 is 0 Å². The summed E-state index contributed by atoms with van der Waals surface area (Å²) in [7, 11) is 0. The highest BCUT2D eigenvalue weighted by molar-refractivity contribution is 7.10. The molecule has 0 unspecified atom stereocenters. The van der Waals surface area contributed by atoms with E-state index in [0.717, 1.165) is 25.1 Å². The second kappa shape index (κ2) is 5.53. The predicted octanol–water partition coefficient (Wildman–Crippen LogP) is 4.56. The van der Waals surface area contributed by atoms with Gasteiger partial charge in [-0.2, -0.15) is 0 Å². The summed E-state index contributed by atoms with van der Waals surface area (Å²) in [4.78, 5) is 18.3. The van der Waals surface area contributed by atoms with Crippen molar-refractivity contribution in [1.29, 1.82) is 0 Å². The van der Waals surface area contributed by atoms with Crippen molar-refractivity contribution in [3.05, 3.63) is 50.6 Å². The number of hydrogen-bond donors (Lipinski definition) is 0. The Kier molecular flexibility index (Phi) is 3.65. The van der Waals surface area contributed by atoms with Gasteiger partial charge in [-0.15, -0.1) is 11.3 Å². The summed E-state index contributed by atoms with van der Waals surface area (Å²) in [5.74, 6) is 0.161. The molecule has 1 amide bonds. The fourth-order valence-electron chi connectivity index (χ4n) is 3.41. The summed E-state index contributed by atoms with van der Waals surface area (Å²) in [6.07, 6.45) is 1.98. The van der Waals surface area contributed by atoms with Gasteiger partial charge in [-0.05, 0) is 42.5 Å². The van der Waals surface area contributed by atoms with E-state index in [0.29, 0.717) is 10.0 Å². The van der Waals surface area contributed by atoms with E-state index in [-0.39, 0.29) is 18.1 Å². The van der Waals surface area contributed by atoms with Crippen LogP contribution in [0.15, 0.2) is 35.7 Å². The number of benzene rings is 1. The summed E-state index contributed by atoms with van der Waals surface area (Å²) in [6.45, 7) is 0.955. The minimum atomic E-state index is -0.0303. The first-order valence-corrected chi connectivity index (χ1v) is 8.87. The molecule has 114 valence electrons. The first-order valence-electron chi connectivity index (χ1n) is 7.24. The molecule has 2 fully saturated rings. The Labute approximate surface area is 143 Å². The van der Waals surface area contributed by atoms with Crippen LogP contribution >= 0.6 is 34.5 Å². The minimum absolute atomic E-state index is 0.0125. The number of anilines is 1. The molecule has 0 spiro atoms. The molecule has 0 N–H and O–H groups in total. The monoisotopic (exact) mass is 352 g/mol. The van der Waals surface area contributed by atoms with Gasteiger partial charge in [0.05, 0.1) is 16.1 Å². The van der Waals surface area contributed by atoms with Crippen molar-refractivity contribution < 1.29 is 4.79 Å². The molecule has 6 heteroatoms. The van der Waals surface area contributed by atoms with Gasteiger partial charge in [-0.1, -0.05) is 29.3 Å². The lowest BCUT2D eigenvalue weighted by Crippen LogP contribution is -2.31. The lowest BCUT2D eigenvalue weighted by molar-refractivity contribution is -0.119. The van der Waals surface area contributed by atoms with Crippen molar-refractivity contribution in [2.45, 2.75) is 25.0 Å². The largest absolute Gasteiger partial charge is 0.290 e. The molecule has 4 rings (SSSR count). The SMILES string of the molecule is O=C1[C@@H]2CCCN2[C@@H](c2cccs2)N1c1ccc(Cl)c(Cl)c1. The quantitative estimate of drug-likeness (QED) is 0.790. The van der Waals surface area contributed by atoms with Crippen LogP contribution in [0.5, 0.6) is 0 Å². The van der Waals surface area contributed by atoms with E-state index < -0.39 is 0 Å². The lowest BCUT2D eigenvalue weighted by Gasteiger charge is -2.28. The van der Waals surface area contributed by atoms with Gasteiger partial charge in [0.25, 0.3) is 0 Å². The van der Waals surface area contributed by atoms with E-state index in [9.17, 15) is 4.79 Å². The third-order valence-corrected chi connectivity index (χ3v) is 6.01. The molecule has 0 bridgehead atoms. The number of nitrogens with zero attached hydrogens (tertiary/aromatic N) is 2. The topological polar surface area (TPSA) is 23.6 Å². The average Bonchev–Trinajstić information content (AvgIpc) is 3.21. The van der Waals surface area contributed by atoms with Crippen molar-refractivity contribution in [2.24, 2.45) is 0 Å². The van der Waals surface area contributed by atoms with Crippen molar-refractivity contribution in [3.8, 4) is 0 Å². The molecule has 1 aromatic carbocycles. The minimum Gasteiger partial charge on any atom is -0.290 e. The zero-order valence-corrected chi connectivity index (χ0v) is 14.0. The van der Waals surface area contributed by atoms with Gasteiger partial charge in [0.15, 0.2) is 0 Å². The van der Waals surface area contributed by atoms with Crippen LogP contribution in [0.25, 0.3) is 0 Å². The Hall–Kier alpha value is -1.07. The fourth-order valence-corrected chi connectivity index (χ4v) is 4.53. The third-order valence-electron chi connectivity index (χ3n) is 4.35. The van der Waals surface area contributed by atoms with E-state index in [2.05, 4.69) is 16.3 Å². The predicted molar refractivity (Wildman–Crippen MR) is 90.7 cm³/mol. The number of halogens is 2. The summed E-state index contributed by atoms with van der Waals surface area (Å²) >= 11 is 13.8. The normalized spacial score (nSPS) is 25.0. The Morgan fingerprint density at radius 1 is 1.18 bits per heavy atom. The molecule has 0 radical (unpaired) electrons. The molecule has 2 atom stereocenters. The van der Waals surface area contributed by atoms with Crippen LogP contribution in [0.4, 0.5) is 5.69 Å². The second-order valence-corrected chi connectivity index (χ2v) is 7.39. The number of rotatable bonds is 2. The third kappa shape index (κ3) is 2.17. The zero-order valence-electron chi connectivity index (χ0n) is 11.7. The molecular weight excluding hydrogens is 339 g/mol. The number of carbonyl (C=O) groups excluding carboxylic acids is 1. The van der Waals surface area contributed by atoms with E-state index in [1.807, 2.05) is 17.0 Å². The van der Waals surface area contributed by atoms with E-state index in [4.69, 9.17) is 23.2 Å². The fraction of sp³-hybridized carbons (Fsp3) is 0.312. The van der Waals surface area contributed by atoms with Crippen LogP contribution in [-0.2, 0) is 4.79 Å². The number of hydrogen-bond acceptors (Lipinski definition) is 3. The number of fused-ring (bicyclic) bond motifs is 1. The Bertz CT molecular complexity index is 719. The maximum atomic E-state index is 12.9. The second-order valence-electron chi connectivity index (χ2n) is 5.59. The van der Waals surface area contributed by atoms with Gasteiger partial charge in [0.1, 0.15) is 6.17 Å². The van der Waals surface area contributed by atoms with Gasteiger partial charge < -0.3 is 0 Å². The summed E-state index contributed by atoms with van der Waals surface area (Å²) in [5, 5.41) is 3.03. The van der Waals surface area contributed by atoms with Crippen LogP contribution in [0, 0.1) is 0 Å². The van der Waals surface area contributed by atoms with Crippen LogP contribution in [-0.4, -0.2) is 23.4 Å². The number of amides is 1. The number of thiophene rings is 1. The maximum Gasteiger partial charge on any atom is 0.246 e. The van der Waals surface area contributed by atoms with Crippen molar-refractivity contribution in [1.82, 2.24) is 4.90 Å². The summed E-state index contributed by atoms with van der Waals surface area (Å²) < 4.78 is 0. The lowest BCUT2D eigenvalue weighted by atomic mass is 10.2. The van der Waals surface area contributed by atoms with Crippen molar-refractivity contribution >= 4 is 46.1 Å². The highest BCUT2D eigenvalue weighted by Crippen LogP contribution is 2.44. The highest BCUT2D eigenvalue weighted by Gasteiger charge is 2.49. The molecule has 0 saturated carbocycles. The van der Waals surface area contributed by atoms with Crippen molar-refractivity contribution in [2.75, 3.05) is 11.4 Å². The van der Waals surface area contributed by atoms with Gasteiger partial charge in [-0.25, -0.2) is 0 Å². The van der Waals surface area contributed by atoms with Crippen LogP contribution < -0.4 is 4.90 Å². The van der Waals surface area contributed by atoms with Crippen LogP contribution in [0.2, 0.25) is 10.0 Å². The van der Waals surface area contributed by atoms with Crippen molar-refractivity contribution in [3.63, 3.8) is 0 Å². The highest BCUT2D eigenvalue weighted by atomic mass is 35.5. The average molecular weight is 353 g/mol. The van der Waals surface area contributed by atoms with E-state index in [1.54, 1.807) is 23.5 Å². The molecule has 2 saturated heterocycles. The molecule has 2 aromatic rings. The first-order chi connectivity index (χ1) is 10.7. The summed E-state index contributed by atoms with van der Waals surface area (Å²) in [6, 6.07) is 9.51. The smallest absolute Gasteiger partial charge is 0.246 e. The molecule has 2 aliphatic heterocycles. The first kappa shape index (κ1) is 14.5. The zero-order chi connectivity index (χ0) is 15.3. The molecule has 22 heavy (non-hydrogen) atoms. The molecular formula is C16H14Cl2N2OS. The van der Waals surface area contributed by atoms with Gasteiger partial charge >= 0.3 is 0 Å². The van der Waals surface area contributed by atoms with E-state index in [1.165, 1.54) is 4.88 Å². The molecule has 1 aromatic heterocycles. The van der Waals surface area contributed by atoms with Crippen LogP contribution in [0.1, 0.15) is 23.9 Å². The Balaban J connectivity index is 1.81. The van der Waals surface area contributed by atoms with Crippen LogP contribution in [0.3, 0.4) is 0 Å². The van der Waals surface area contributed by atoms with Gasteiger partial charge in [-0.3, -0.25) is 14.6 Å². The van der Waals surface area contributed by atoms with Gasteiger partial charge in [0, 0.05) is 17.1 Å². The summed E-state index contributed by atoms with van der Waals surface area (Å²) in [5.41, 5.74) is 0.812. The Morgan fingerprint density at radius 3 is 2.77 bits per heavy atom. The standard InChI is InChI=1S/C16H14Cl2N2OS/c17-11-6-5-10(9-12(11)18)20-15(14-4-2-8-22-14)19-7-1-3-13(19)16(20)21/h2,4-6,8-9,13,15H,1,3,7H2/t13-,15+/m0/s1.